The number of benzene rings is 1. The van der Waals surface area contributed by atoms with Crippen LogP contribution in [0.2, 0.25) is 0 Å². The molecule has 2 aliphatic heterocycles. The number of halogens is 1. The summed E-state index contributed by atoms with van der Waals surface area (Å²) in [7, 11) is 3.57. The number of likely N-dealkylation sites (tertiary alicyclic amines) is 1. The fourth-order valence-corrected chi connectivity index (χ4v) is 6.71. The minimum atomic E-state index is -1.04. The highest BCUT2D eigenvalue weighted by atomic mass is 19.1. The van der Waals surface area contributed by atoms with Gasteiger partial charge in [-0.2, -0.15) is 9.78 Å². The van der Waals surface area contributed by atoms with E-state index in [2.05, 4.69) is 37.4 Å². The molecule has 1 saturated heterocycles. The molecular formula is C38H37FN8O7. The van der Waals surface area contributed by atoms with Crippen molar-refractivity contribution in [1.82, 2.24) is 34.4 Å². The van der Waals surface area contributed by atoms with E-state index >= 15 is 4.39 Å². The lowest BCUT2D eigenvalue weighted by molar-refractivity contribution is -0.131. The fraction of sp³-hybridized carbons (Fsp3) is 0.316. The number of aryl methyl sites for hydroxylation is 1. The van der Waals surface area contributed by atoms with Crippen LogP contribution >= 0.6 is 0 Å². The summed E-state index contributed by atoms with van der Waals surface area (Å²) in [5, 5.41) is 21.6. The zero-order chi connectivity index (χ0) is 38.5. The number of nitrogens with one attached hydrogen (secondary N) is 1. The largest absolute Gasteiger partial charge is 0.422 e. The van der Waals surface area contributed by atoms with Crippen LogP contribution in [0.25, 0.3) is 27.8 Å². The van der Waals surface area contributed by atoms with E-state index in [1.54, 1.807) is 20.8 Å². The molecule has 16 heteroatoms. The lowest BCUT2D eigenvalue weighted by Gasteiger charge is -2.29. The molecule has 0 unspecified atom stereocenters. The number of aliphatic hydroxyl groups is 1. The van der Waals surface area contributed by atoms with Gasteiger partial charge in [0.25, 0.3) is 17.0 Å². The summed E-state index contributed by atoms with van der Waals surface area (Å²) in [6.07, 6.45) is 6.87. The standard InChI is InChI=1S/C38H37FN8O7/c1-38(2,3)24-16-25(39)31-32-33(24)53-29(49)8-9-30(50)54-35(32)44-47(37(31)52)34-23(19-48)22(10-13-40-34)26-17-27(36(51)46(5)43-26)42-28-7-6-21(18-41-28)20-11-14-45(4)15-12-20/h6-10,13,16-18,20,48H,11-12,14-15,19H2,1-5H3,(H,41,42)/b9-8+. The number of rotatable bonds is 6. The maximum Gasteiger partial charge on any atom is 0.337 e. The van der Waals surface area contributed by atoms with Gasteiger partial charge in [-0.05, 0) is 74.1 Å². The van der Waals surface area contributed by atoms with E-state index in [1.165, 1.54) is 25.4 Å². The van der Waals surface area contributed by atoms with E-state index in [9.17, 15) is 24.3 Å². The Bertz CT molecular complexity index is 2480. The average Bonchev–Trinajstić information content (AvgIpc) is 3.19. The van der Waals surface area contributed by atoms with E-state index < -0.39 is 52.2 Å². The minimum Gasteiger partial charge on any atom is -0.422 e. The molecule has 6 heterocycles. The molecule has 0 amide bonds. The number of nitrogens with zero attached hydrogens (tertiary/aromatic N) is 7. The van der Waals surface area contributed by atoms with Gasteiger partial charge in [-0.1, -0.05) is 26.8 Å². The SMILES string of the molecule is CN1CCC(c2ccc(Nc3cc(-c4ccnc(-n5nc6c7c(c(C(C)(C)C)cc(F)c7c5=O)OC(=O)/C=C/C(=O)O6)c4CO)nn(C)c3=O)nc2)CC1. The molecule has 4 aromatic heterocycles. The number of hydrogen-bond donors (Lipinski definition) is 2. The summed E-state index contributed by atoms with van der Waals surface area (Å²) in [5.74, 6) is -3.10. The molecule has 15 nitrogen and oxygen atoms in total. The zero-order valence-electron chi connectivity index (χ0n) is 30.2. The van der Waals surface area contributed by atoms with Crippen LogP contribution in [0, 0.1) is 5.82 Å². The van der Waals surface area contributed by atoms with Crippen LogP contribution in [-0.4, -0.2) is 71.6 Å². The Kier molecular flexibility index (Phi) is 9.41. The van der Waals surface area contributed by atoms with Crippen molar-refractivity contribution in [2.45, 2.75) is 51.6 Å². The summed E-state index contributed by atoms with van der Waals surface area (Å²) in [6.45, 7) is 6.57. The number of pyridine rings is 2. The first-order valence-electron chi connectivity index (χ1n) is 17.2. The third-order valence-corrected chi connectivity index (χ3v) is 9.58. The molecular weight excluding hydrogens is 699 g/mol. The second-order valence-corrected chi connectivity index (χ2v) is 14.3. The van der Waals surface area contributed by atoms with Crippen molar-refractivity contribution in [2.75, 3.05) is 25.5 Å². The second kappa shape index (κ2) is 14.0. The van der Waals surface area contributed by atoms with Gasteiger partial charge in [-0.25, -0.2) is 28.6 Å². The van der Waals surface area contributed by atoms with Crippen LogP contribution in [0.3, 0.4) is 0 Å². The van der Waals surface area contributed by atoms with Crippen molar-refractivity contribution in [1.29, 1.82) is 0 Å². The number of carbonyl (C=O) groups excluding carboxylic acids is 2. The van der Waals surface area contributed by atoms with Crippen LogP contribution in [-0.2, 0) is 28.7 Å². The molecule has 0 bridgehead atoms. The molecule has 278 valence electrons. The van der Waals surface area contributed by atoms with Crippen LogP contribution in [0.1, 0.15) is 56.2 Å². The first kappa shape index (κ1) is 36.2. The quantitative estimate of drug-likeness (QED) is 0.190. The monoisotopic (exact) mass is 736 g/mol. The van der Waals surface area contributed by atoms with Crippen LogP contribution < -0.4 is 25.9 Å². The number of carbonyl (C=O) groups is 2. The number of ether oxygens (including phenoxy) is 2. The van der Waals surface area contributed by atoms with Crippen molar-refractivity contribution >= 4 is 34.2 Å². The number of esters is 2. The predicted octanol–water partition coefficient (Wildman–Crippen LogP) is 3.80. The number of aliphatic hydroxyl groups excluding tert-OH is 1. The van der Waals surface area contributed by atoms with E-state index in [0.717, 1.165) is 54.4 Å². The van der Waals surface area contributed by atoms with Gasteiger partial charge in [0, 0.05) is 48.3 Å². The topological polar surface area (TPSA) is 184 Å². The fourth-order valence-electron chi connectivity index (χ4n) is 6.71. The Balaban J connectivity index is 1.34. The van der Waals surface area contributed by atoms with Gasteiger partial charge in [0.15, 0.2) is 5.82 Å². The van der Waals surface area contributed by atoms with Gasteiger partial charge in [0.05, 0.1) is 23.1 Å². The van der Waals surface area contributed by atoms with E-state index in [-0.39, 0.29) is 45.0 Å². The number of aromatic nitrogens is 6. The van der Waals surface area contributed by atoms with Gasteiger partial charge < -0.3 is 24.8 Å². The molecule has 2 aliphatic rings. The Hall–Kier alpha value is -6.13. The summed E-state index contributed by atoms with van der Waals surface area (Å²) in [5.41, 5.74) is -0.303. The first-order valence-corrected chi connectivity index (χ1v) is 17.2. The van der Waals surface area contributed by atoms with Gasteiger partial charge in [-0.3, -0.25) is 9.59 Å². The molecule has 0 saturated carbocycles. The maximum absolute atomic E-state index is 16.1. The Morgan fingerprint density at radius 3 is 2.31 bits per heavy atom. The predicted molar refractivity (Wildman–Crippen MR) is 196 cm³/mol. The molecule has 0 spiro atoms. The highest BCUT2D eigenvalue weighted by molar-refractivity contribution is 6.01. The third-order valence-electron chi connectivity index (χ3n) is 9.58. The molecule has 0 atom stereocenters. The van der Waals surface area contributed by atoms with E-state index in [4.69, 9.17) is 9.47 Å². The van der Waals surface area contributed by atoms with Gasteiger partial charge in [-0.15, -0.1) is 5.10 Å². The van der Waals surface area contributed by atoms with Gasteiger partial charge in [0.1, 0.15) is 23.1 Å². The molecule has 1 aromatic carbocycles. The summed E-state index contributed by atoms with van der Waals surface area (Å²) in [6, 6.07) is 7.89. The van der Waals surface area contributed by atoms with Gasteiger partial charge in [0.2, 0.25) is 0 Å². The number of piperidine rings is 1. The van der Waals surface area contributed by atoms with Crippen molar-refractivity contribution in [3.05, 3.63) is 98.1 Å². The van der Waals surface area contributed by atoms with E-state index in [1.807, 2.05) is 18.3 Å². The van der Waals surface area contributed by atoms with Crippen LogP contribution in [0.5, 0.6) is 11.6 Å². The first-order chi connectivity index (χ1) is 25.7. The number of anilines is 2. The molecule has 54 heavy (non-hydrogen) atoms. The molecule has 0 radical (unpaired) electrons. The lowest BCUT2D eigenvalue weighted by Crippen LogP contribution is -2.29. The second-order valence-electron chi connectivity index (χ2n) is 14.3. The maximum atomic E-state index is 16.1. The Morgan fingerprint density at radius 1 is 0.926 bits per heavy atom. The van der Waals surface area contributed by atoms with Crippen LogP contribution in [0.15, 0.2) is 64.5 Å². The molecule has 2 N–H and O–H groups in total. The highest BCUT2D eigenvalue weighted by Crippen LogP contribution is 2.42. The zero-order valence-corrected chi connectivity index (χ0v) is 30.2. The van der Waals surface area contributed by atoms with Crippen molar-refractivity contribution in [3.63, 3.8) is 0 Å². The minimum absolute atomic E-state index is 0.0315. The summed E-state index contributed by atoms with van der Waals surface area (Å²) < 4.78 is 28.9. The molecule has 0 aliphatic carbocycles. The third kappa shape index (κ3) is 6.76. The van der Waals surface area contributed by atoms with Crippen molar-refractivity contribution in [3.8, 4) is 28.7 Å². The van der Waals surface area contributed by atoms with Crippen LogP contribution in [0.4, 0.5) is 15.9 Å². The van der Waals surface area contributed by atoms with Crippen molar-refractivity contribution < 1.29 is 28.6 Å². The molecule has 5 aromatic rings. The number of hydrogen-bond acceptors (Lipinski definition) is 13. The summed E-state index contributed by atoms with van der Waals surface area (Å²) >= 11 is 0. The smallest absolute Gasteiger partial charge is 0.337 e. The summed E-state index contributed by atoms with van der Waals surface area (Å²) in [4.78, 5) is 63.9. The molecule has 7 rings (SSSR count). The normalized spacial score (nSPS) is 16.0. The van der Waals surface area contributed by atoms with Gasteiger partial charge >= 0.3 is 11.9 Å². The Morgan fingerprint density at radius 2 is 1.65 bits per heavy atom. The lowest BCUT2D eigenvalue weighted by atomic mass is 9.85. The average molecular weight is 737 g/mol. The Labute approximate surface area is 307 Å². The van der Waals surface area contributed by atoms with E-state index in [0.29, 0.717) is 16.4 Å². The molecule has 1 fully saturated rings. The highest BCUT2D eigenvalue weighted by Gasteiger charge is 2.32. The van der Waals surface area contributed by atoms with Crippen molar-refractivity contribution in [2.24, 2.45) is 7.05 Å².